The number of hydrogen-bond donors (Lipinski definition) is 1. The van der Waals surface area contributed by atoms with Gasteiger partial charge >= 0.3 is 0 Å². The number of hydrogen-bond acceptors (Lipinski definition) is 2. The molecule has 0 aromatic heterocycles. The van der Waals surface area contributed by atoms with Gasteiger partial charge in [0.15, 0.2) is 0 Å². The zero-order valence-electron chi connectivity index (χ0n) is 5.98. The SMILES string of the molecule is CSCNC(=O)/C=C(/C)F. The highest BCUT2D eigenvalue weighted by Crippen LogP contribution is 1.92. The predicted octanol–water partition coefficient (Wildman–Crippen LogP) is 1.30. The summed E-state index contributed by atoms with van der Waals surface area (Å²) in [6.45, 7) is 1.23. The lowest BCUT2D eigenvalue weighted by Crippen LogP contribution is -2.20. The molecule has 2 nitrogen and oxygen atoms in total. The lowest BCUT2D eigenvalue weighted by molar-refractivity contribution is -0.116. The minimum atomic E-state index is -0.474. The average Bonchev–Trinajstić information content (AvgIpc) is 1.82. The molecule has 0 heterocycles. The number of thioether (sulfide) groups is 1. The van der Waals surface area contributed by atoms with Crippen LogP contribution in [0, 0.1) is 0 Å². The molecule has 58 valence electrons. The number of amides is 1. The first kappa shape index (κ1) is 9.49. The topological polar surface area (TPSA) is 29.1 Å². The fourth-order valence-corrected chi connectivity index (χ4v) is 0.662. The second-order valence-electron chi connectivity index (χ2n) is 1.71. The summed E-state index contributed by atoms with van der Waals surface area (Å²) >= 11 is 1.47. The van der Waals surface area contributed by atoms with Crippen LogP contribution in [0.15, 0.2) is 11.9 Å². The highest BCUT2D eigenvalue weighted by atomic mass is 32.2. The van der Waals surface area contributed by atoms with E-state index in [1.165, 1.54) is 18.7 Å². The molecule has 0 fully saturated rings. The zero-order chi connectivity index (χ0) is 7.98. The molecular weight excluding hydrogens is 153 g/mol. The molecule has 0 rings (SSSR count). The molecule has 10 heavy (non-hydrogen) atoms. The predicted molar refractivity (Wildman–Crippen MR) is 41.4 cm³/mol. The third-order valence-corrected chi connectivity index (χ3v) is 1.15. The van der Waals surface area contributed by atoms with Crippen LogP contribution in [-0.4, -0.2) is 18.0 Å². The van der Waals surface area contributed by atoms with E-state index >= 15 is 0 Å². The van der Waals surface area contributed by atoms with E-state index in [2.05, 4.69) is 5.32 Å². The Morgan fingerprint density at radius 2 is 2.40 bits per heavy atom. The van der Waals surface area contributed by atoms with Crippen molar-refractivity contribution in [2.75, 3.05) is 12.1 Å². The molecule has 0 saturated heterocycles. The summed E-state index contributed by atoms with van der Waals surface area (Å²) in [5.74, 6) is -0.337. The lowest BCUT2D eigenvalue weighted by atomic mass is 10.5. The number of carbonyl (C=O) groups is 1. The Bertz CT molecular complexity index is 143. The average molecular weight is 163 g/mol. The third-order valence-electron chi connectivity index (χ3n) is 0.721. The van der Waals surface area contributed by atoms with E-state index < -0.39 is 5.83 Å². The molecule has 0 spiro atoms. The molecule has 0 aliphatic carbocycles. The van der Waals surface area contributed by atoms with Gasteiger partial charge in [-0.3, -0.25) is 4.79 Å². The molecule has 0 bridgehead atoms. The number of rotatable bonds is 3. The van der Waals surface area contributed by atoms with Gasteiger partial charge in [-0.15, -0.1) is 11.8 Å². The second-order valence-corrected chi connectivity index (χ2v) is 2.57. The fourth-order valence-electron chi connectivity index (χ4n) is 0.375. The lowest BCUT2D eigenvalue weighted by Gasteiger charge is -1.96. The summed E-state index contributed by atoms with van der Waals surface area (Å²) in [5, 5.41) is 2.47. The number of allylic oxidation sites excluding steroid dienone is 1. The van der Waals surface area contributed by atoms with E-state index in [9.17, 15) is 9.18 Å². The Morgan fingerprint density at radius 3 is 2.80 bits per heavy atom. The Labute approximate surface area is 63.9 Å². The molecule has 0 aromatic rings. The van der Waals surface area contributed by atoms with Crippen LogP contribution < -0.4 is 5.32 Å². The van der Waals surface area contributed by atoms with Gasteiger partial charge in [0.2, 0.25) is 5.91 Å². The molecule has 0 aromatic carbocycles. The Hall–Kier alpha value is -0.510. The Morgan fingerprint density at radius 1 is 1.80 bits per heavy atom. The molecule has 4 heteroatoms. The van der Waals surface area contributed by atoms with Crippen LogP contribution in [0.3, 0.4) is 0 Å². The third kappa shape index (κ3) is 5.62. The molecule has 0 saturated carbocycles. The van der Waals surface area contributed by atoms with Crippen molar-refractivity contribution in [1.82, 2.24) is 5.32 Å². The molecule has 0 atom stereocenters. The second kappa shape index (κ2) is 5.29. The van der Waals surface area contributed by atoms with Gasteiger partial charge in [-0.05, 0) is 13.2 Å². The number of halogens is 1. The first-order chi connectivity index (χ1) is 4.66. The van der Waals surface area contributed by atoms with Crippen LogP contribution in [0.1, 0.15) is 6.92 Å². The van der Waals surface area contributed by atoms with Gasteiger partial charge in [0, 0.05) is 6.08 Å². The number of carbonyl (C=O) groups excluding carboxylic acids is 1. The van der Waals surface area contributed by atoms with Crippen LogP contribution in [0.25, 0.3) is 0 Å². The van der Waals surface area contributed by atoms with Gasteiger partial charge < -0.3 is 5.32 Å². The van der Waals surface area contributed by atoms with E-state index in [4.69, 9.17) is 0 Å². The van der Waals surface area contributed by atoms with E-state index in [1.807, 2.05) is 6.26 Å². The molecular formula is C6H10FNOS. The van der Waals surface area contributed by atoms with Crippen LogP contribution in [0.4, 0.5) is 4.39 Å². The summed E-state index contributed by atoms with van der Waals surface area (Å²) < 4.78 is 12.0. The van der Waals surface area contributed by atoms with Crippen molar-refractivity contribution in [3.8, 4) is 0 Å². The molecule has 0 radical (unpaired) electrons. The Kier molecular flexibility index (Phi) is 5.02. The minimum absolute atomic E-state index is 0.380. The van der Waals surface area contributed by atoms with Gasteiger partial charge in [-0.1, -0.05) is 0 Å². The maximum absolute atomic E-state index is 12.0. The van der Waals surface area contributed by atoms with Crippen molar-refractivity contribution in [3.05, 3.63) is 11.9 Å². The fraction of sp³-hybridized carbons (Fsp3) is 0.500. The van der Waals surface area contributed by atoms with E-state index in [1.54, 1.807) is 0 Å². The summed E-state index contributed by atoms with van der Waals surface area (Å²) in [5.41, 5.74) is 0. The first-order valence-electron chi connectivity index (χ1n) is 2.77. The van der Waals surface area contributed by atoms with Crippen molar-refractivity contribution in [1.29, 1.82) is 0 Å². The molecule has 1 amide bonds. The zero-order valence-corrected chi connectivity index (χ0v) is 6.80. The quantitative estimate of drug-likeness (QED) is 0.502. The van der Waals surface area contributed by atoms with E-state index in [-0.39, 0.29) is 5.91 Å². The van der Waals surface area contributed by atoms with Crippen LogP contribution >= 0.6 is 11.8 Å². The highest BCUT2D eigenvalue weighted by Gasteiger charge is 1.93. The summed E-state index contributed by atoms with van der Waals surface area (Å²) in [4.78, 5) is 10.6. The van der Waals surface area contributed by atoms with E-state index in [0.717, 1.165) is 6.08 Å². The smallest absolute Gasteiger partial charge is 0.247 e. The molecule has 0 aliphatic heterocycles. The number of nitrogens with one attached hydrogen (secondary N) is 1. The monoisotopic (exact) mass is 163 g/mol. The van der Waals surface area contributed by atoms with Crippen LogP contribution in [0.5, 0.6) is 0 Å². The molecule has 0 unspecified atom stereocenters. The Balaban J connectivity index is 3.54. The van der Waals surface area contributed by atoms with Crippen molar-refractivity contribution >= 4 is 17.7 Å². The van der Waals surface area contributed by atoms with Crippen molar-refractivity contribution < 1.29 is 9.18 Å². The highest BCUT2D eigenvalue weighted by molar-refractivity contribution is 7.98. The summed E-state index contributed by atoms with van der Waals surface area (Å²) in [7, 11) is 0. The standard InChI is InChI=1S/C6H10FNOS/c1-5(7)3-6(9)8-4-10-2/h3H,4H2,1-2H3,(H,8,9)/b5-3-. The van der Waals surface area contributed by atoms with Gasteiger partial charge in [0.05, 0.1) is 5.88 Å². The maximum Gasteiger partial charge on any atom is 0.247 e. The van der Waals surface area contributed by atoms with Crippen molar-refractivity contribution in [3.63, 3.8) is 0 Å². The van der Waals surface area contributed by atoms with Crippen LogP contribution in [0.2, 0.25) is 0 Å². The van der Waals surface area contributed by atoms with Crippen molar-refractivity contribution in [2.45, 2.75) is 6.92 Å². The largest absolute Gasteiger partial charge is 0.343 e. The summed E-state index contributed by atoms with van der Waals surface area (Å²) in [6, 6.07) is 0. The first-order valence-corrected chi connectivity index (χ1v) is 4.16. The minimum Gasteiger partial charge on any atom is -0.343 e. The van der Waals surface area contributed by atoms with E-state index in [0.29, 0.717) is 5.88 Å². The van der Waals surface area contributed by atoms with Gasteiger partial charge in [0.25, 0.3) is 0 Å². The van der Waals surface area contributed by atoms with Gasteiger partial charge in [0.1, 0.15) is 5.83 Å². The van der Waals surface area contributed by atoms with Gasteiger partial charge in [-0.25, -0.2) is 4.39 Å². The normalized spacial score (nSPS) is 11.3. The van der Waals surface area contributed by atoms with Crippen molar-refractivity contribution in [2.24, 2.45) is 0 Å². The molecule has 1 N–H and O–H groups in total. The molecule has 0 aliphatic rings. The maximum atomic E-state index is 12.0. The van der Waals surface area contributed by atoms with Crippen LogP contribution in [-0.2, 0) is 4.79 Å². The van der Waals surface area contributed by atoms with Gasteiger partial charge in [-0.2, -0.15) is 0 Å². The summed E-state index contributed by atoms with van der Waals surface area (Å²) in [6.07, 6.45) is 2.78.